The van der Waals surface area contributed by atoms with E-state index < -0.39 is 8.07 Å². The average Bonchev–Trinajstić information content (AvgIpc) is 2.94. The van der Waals surface area contributed by atoms with E-state index in [0.29, 0.717) is 12.3 Å². The number of carbonyl (C=O) groups excluding carboxylic acids is 1. The highest BCUT2D eigenvalue weighted by molar-refractivity contribution is 6.93. The first kappa shape index (κ1) is 15.8. The third-order valence-electron chi connectivity index (χ3n) is 4.67. The van der Waals surface area contributed by atoms with Gasteiger partial charge in [0.15, 0.2) is 5.69 Å². The van der Waals surface area contributed by atoms with Crippen LogP contribution in [0.3, 0.4) is 0 Å². The second kappa shape index (κ2) is 6.43. The van der Waals surface area contributed by atoms with Crippen molar-refractivity contribution < 1.29 is 9.53 Å². The summed E-state index contributed by atoms with van der Waals surface area (Å²) in [7, 11) is -1.53. The highest BCUT2D eigenvalue weighted by atomic mass is 28.3. The molecule has 0 bridgehead atoms. The Bertz CT molecular complexity index is 624. The number of rotatable bonds is 6. The summed E-state index contributed by atoms with van der Waals surface area (Å²) in [4.78, 5) is 12.0. The first-order valence-electron chi connectivity index (χ1n) is 7.78. The number of ether oxygens (including phenoxy) is 1. The van der Waals surface area contributed by atoms with Gasteiger partial charge in [-0.25, -0.2) is 4.79 Å². The molecule has 1 aromatic heterocycles. The van der Waals surface area contributed by atoms with Crippen LogP contribution in [0.4, 0.5) is 0 Å². The van der Waals surface area contributed by atoms with Crippen LogP contribution in [-0.2, 0) is 4.74 Å². The van der Waals surface area contributed by atoms with Crippen molar-refractivity contribution in [1.82, 2.24) is 10.2 Å². The number of para-hydroxylation sites is 1. The van der Waals surface area contributed by atoms with Crippen LogP contribution in [-0.4, -0.2) is 30.8 Å². The van der Waals surface area contributed by atoms with Gasteiger partial charge in [0.05, 0.1) is 20.2 Å². The van der Waals surface area contributed by atoms with Crippen molar-refractivity contribution in [3.8, 4) is 0 Å². The highest BCUT2D eigenvalue weighted by Gasteiger charge is 2.32. The molecule has 21 heavy (non-hydrogen) atoms. The first-order valence-corrected chi connectivity index (χ1v) is 10.4. The Kier molecular flexibility index (Phi) is 4.83. The molecule has 2 aromatic rings. The first-order chi connectivity index (χ1) is 10.1. The molecule has 1 aromatic carbocycles. The minimum atomic E-state index is -1.53. The van der Waals surface area contributed by atoms with Crippen LogP contribution >= 0.6 is 0 Å². The maximum atomic E-state index is 12.0. The van der Waals surface area contributed by atoms with Gasteiger partial charge >= 0.3 is 5.97 Å². The van der Waals surface area contributed by atoms with Crippen molar-refractivity contribution in [3.05, 3.63) is 23.9 Å². The summed E-state index contributed by atoms with van der Waals surface area (Å²) < 4.78 is 5.10. The summed E-state index contributed by atoms with van der Waals surface area (Å²) in [6, 6.07) is 9.77. The smallest absolute Gasteiger partial charge is 0.356 e. The van der Waals surface area contributed by atoms with Crippen molar-refractivity contribution in [1.29, 1.82) is 0 Å². The highest BCUT2D eigenvalue weighted by Crippen LogP contribution is 2.25. The minimum Gasteiger partial charge on any atom is -0.461 e. The zero-order chi connectivity index (χ0) is 15.5. The standard InChI is InChI=1S/C16H24N2O2Si/c1-5-20-16(19)15-12-10-9-11-13(14(12)17-18-15)21(6-2,7-3)8-4/h9-11H,5-8H2,1-4H3,(H,17,18). The summed E-state index contributed by atoms with van der Waals surface area (Å²) in [5, 5.41) is 9.57. The molecule has 0 aliphatic rings. The molecule has 0 aliphatic heterocycles. The second-order valence-corrected chi connectivity index (χ2v) is 10.6. The fourth-order valence-electron chi connectivity index (χ4n) is 3.15. The quantitative estimate of drug-likeness (QED) is 0.657. The van der Waals surface area contributed by atoms with E-state index >= 15 is 0 Å². The minimum absolute atomic E-state index is 0.325. The number of H-pyrrole nitrogens is 1. The van der Waals surface area contributed by atoms with Gasteiger partial charge in [-0.15, -0.1) is 0 Å². The molecular weight excluding hydrogens is 280 g/mol. The molecule has 0 unspecified atom stereocenters. The lowest BCUT2D eigenvalue weighted by molar-refractivity contribution is 0.0521. The number of aromatic nitrogens is 2. The van der Waals surface area contributed by atoms with E-state index in [9.17, 15) is 4.79 Å². The molecule has 0 spiro atoms. The molecule has 0 saturated carbocycles. The predicted molar refractivity (Wildman–Crippen MR) is 88.9 cm³/mol. The van der Waals surface area contributed by atoms with Gasteiger partial charge in [-0.1, -0.05) is 57.1 Å². The lowest BCUT2D eigenvalue weighted by Gasteiger charge is -2.28. The van der Waals surface area contributed by atoms with E-state index in [-0.39, 0.29) is 5.97 Å². The summed E-state index contributed by atoms with van der Waals surface area (Å²) in [6.07, 6.45) is 0. The van der Waals surface area contributed by atoms with E-state index in [1.807, 2.05) is 19.1 Å². The van der Waals surface area contributed by atoms with Gasteiger partial charge in [0.1, 0.15) is 0 Å². The zero-order valence-electron chi connectivity index (χ0n) is 13.3. The fourth-order valence-corrected chi connectivity index (χ4v) is 6.93. The van der Waals surface area contributed by atoms with E-state index in [2.05, 4.69) is 37.0 Å². The van der Waals surface area contributed by atoms with Crippen LogP contribution < -0.4 is 5.19 Å². The lowest BCUT2D eigenvalue weighted by atomic mass is 10.2. The normalized spacial score (nSPS) is 11.8. The second-order valence-electron chi connectivity index (χ2n) is 5.36. The van der Waals surface area contributed by atoms with Crippen molar-refractivity contribution in [3.63, 3.8) is 0 Å². The van der Waals surface area contributed by atoms with E-state index in [0.717, 1.165) is 10.9 Å². The maximum absolute atomic E-state index is 12.0. The van der Waals surface area contributed by atoms with E-state index in [1.54, 1.807) is 0 Å². The third-order valence-corrected chi connectivity index (χ3v) is 10.3. The molecule has 0 radical (unpaired) electrons. The number of hydrogen-bond acceptors (Lipinski definition) is 3. The number of aromatic amines is 1. The molecule has 114 valence electrons. The number of carbonyl (C=O) groups is 1. The van der Waals surface area contributed by atoms with Crippen LogP contribution in [0.5, 0.6) is 0 Å². The molecule has 0 saturated heterocycles. The monoisotopic (exact) mass is 304 g/mol. The van der Waals surface area contributed by atoms with Gasteiger partial charge in [-0.3, -0.25) is 5.10 Å². The van der Waals surface area contributed by atoms with Crippen molar-refractivity contribution in [2.24, 2.45) is 0 Å². The Morgan fingerprint density at radius 3 is 2.43 bits per heavy atom. The molecule has 2 rings (SSSR count). The number of benzene rings is 1. The van der Waals surface area contributed by atoms with Gasteiger partial charge in [-0.2, -0.15) is 5.10 Å². The van der Waals surface area contributed by atoms with Crippen molar-refractivity contribution in [2.75, 3.05) is 6.61 Å². The Morgan fingerprint density at radius 1 is 1.19 bits per heavy atom. The fraction of sp³-hybridized carbons (Fsp3) is 0.500. The van der Waals surface area contributed by atoms with Crippen LogP contribution in [0.15, 0.2) is 18.2 Å². The SMILES string of the molecule is CCOC(=O)c1[nH]nc2c([Si](CC)(CC)CC)cccc12. The number of esters is 1. The number of nitrogens with zero attached hydrogens (tertiary/aromatic N) is 1. The molecule has 5 heteroatoms. The summed E-state index contributed by atoms with van der Waals surface area (Å²) in [6.45, 7) is 9.01. The molecule has 0 aliphatic carbocycles. The summed E-state index contributed by atoms with van der Waals surface area (Å²) in [5.74, 6) is -0.325. The summed E-state index contributed by atoms with van der Waals surface area (Å²) >= 11 is 0. The Morgan fingerprint density at radius 2 is 1.86 bits per heavy atom. The van der Waals surface area contributed by atoms with Crippen LogP contribution in [0.2, 0.25) is 18.1 Å². The van der Waals surface area contributed by atoms with Crippen LogP contribution in [0.25, 0.3) is 10.9 Å². The molecule has 0 atom stereocenters. The third kappa shape index (κ3) is 2.62. The predicted octanol–water partition coefficient (Wildman–Crippen LogP) is 3.46. The topological polar surface area (TPSA) is 55.0 Å². The maximum Gasteiger partial charge on any atom is 0.356 e. The number of fused-ring (bicyclic) bond motifs is 1. The van der Waals surface area contributed by atoms with Crippen molar-refractivity contribution in [2.45, 2.75) is 45.8 Å². The largest absolute Gasteiger partial charge is 0.461 e. The Balaban J connectivity index is 2.61. The molecule has 0 fully saturated rings. The van der Waals surface area contributed by atoms with E-state index in [1.165, 1.54) is 23.3 Å². The van der Waals surface area contributed by atoms with E-state index in [4.69, 9.17) is 4.74 Å². The van der Waals surface area contributed by atoms with Gasteiger partial charge in [0.25, 0.3) is 0 Å². The Labute approximate surface area is 126 Å². The molecule has 1 heterocycles. The van der Waals surface area contributed by atoms with Crippen LogP contribution in [0.1, 0.15) is 38.2 Å². The zero-order valence-corrected chi connectivity index (χ0v) is 14.3. The van der Waals surface area contributed by atoms with Gasteiger partial charge in [-0.05, 0) is 12.1 Å². The molecular formula is C16H24N2O2Si. The van der Waals surface area contributed by atoms with Crippen LogP contribution in [0, 0.1) is 0 Å². The van der Waals surface area contributed by atoms with Gasteiger partial charge in [0, 0.05) is 5.39 Å². The molecule has 1 N–H and O–H groups in total. The van der Waals surface area contributed by atoms with Gasteiger partial charge in [0.2, 0.25) is 0 Å². The lowest BCUT2D eigenvalue weighted by Crippen LogP contribution is -2.46. The Hall–Kier alpha value is -1.62. The molecule has 0 amide bonds. The summed E-state index contributed by atoms with van der Waals surface area (Å²) in [5.41, 5.74) is 1.43. The molecule has 4 nitrogen and oxygen atoms in total. The average molecular weight is 304 g/mol. The van der Waals surface area contributed by atoms with Crippen molar-refractivity contribution >= 4 is 30.1 Å². The van der Waals surface area contributed by atoms with Gasteiger partial charge < -0.3 is 4.74 Å². The number of hydrogen-bond donors (Lipinski definition) is 1. The number of nitrogens with one attached hydrogen (secondary N) is 1.